The number of aromatic nitrogens is 1. The Morgan fingerprint density at radius 3 is 2.43 bits per heavy atom. The SMILES string of the molecule is CC(C)(C)OC(=O)c1ccc(-c2cnccc2C(=O)O)c(N)c1. The first-order valence-electron chi connectivity index (χ1n) is 6.99. The monoisotopic (exact) mass is 314 g/mol. The summed E-state index contributed by atoms with van der Waals surface area (Å²) in [5.41, 5.74) is 6.97. The Bertz CT molecular complexity index is 763. The molecule has 2 rings (SSSR count). The summed E-state index contributed by atoms with van der Waals surface area (Å²) in [5.74, 6) is -1.56. The van der Waals surface area contributed by atoms with Crippen LogP contribution in [0.25, 0.3) is 11.1 Å². The molecule has 0 saturated heterocycles. The molecule has 120 valence electrons. The minimum absolute atomic E-state index is 0.0942. The van der Waals surface area contributed by atoms with Crippen LogP contribution in [0.2, 0.25) is 0 Å². The van der Waals surface area contributed by atoms with Gasteiger partial charge in [-0.3, -0.25) is 4.98 Å². The molecule has 6 heteroatoms. The molecule has 3 N–H and O–H groups in total. The van der Waals surface area contributed by atoms with E-state index >= 15 is 0 Å². The highest BCUT2D eigenvalue weighted by atomic mass is 16.6. The summed E-state index contributed by atoms with van der Waals surface area (Å²) in [7, 11) is 0. The fraction of sp³-hybridized carbons (Fsp3) is 0.235. The number of aromatic carboxylic acids is 1. The van der Waals surface area contributed by atoms with Gasteiger partial charge in [0.1, 0.15) is 5.60 Å². The van der Waals surface area contributed by atoms with Crippen LogP contribution in [0.5, 0.6) is 0 Å². The van der Waals surface area contributed by atoms with Gasteiger partial charge in [0, 0.05) is 29.2 Å². The van der Waals surface area contributed by atoms with E-state index in [1.54, 1.807) is 32.9 Å². The van der Waals surface area contributed by atoms with Gasteiger partial charge < -0.3 is 15.6 Å². The number of carbonyl (C=O) groups is 2. The van der Waals surface area contributed by atoms with E-state index < -0.39 is 17.5 Å². The smallest absolute Gasteiger partial charge is 0.338 e. The van der Waals surface area contributed by atoms with Crippen molar-refractivity contribution in [2.45, 2.75) is 26.4 Å². The molecule has 0 amide bonds. The summed E-state index contributed by atoms with van der Waals surface area (Å²) < 4.78 is 5.29. The van der Waals surface area contributed by atoms with Crippen LogP contribution in [0.15, 0.2) is 36.7 Å². The number of nitrogen functional groups attached to an aromatic ring is 1. The third kappa shape index (κ3) is 3.85. The van der Waals surface area contributed by atoms with Crippen molar-refractivity contribution in [2.24, 2.45) is 0 Å². The quantitative estimate of drug-likeness (QED) is 0.667. The van der Waals surface area contributed by atoms with E-state index in [9.17, 15) is 14.7 Å². The summed E-state index contributed by atoms with van der Waals surface area (Å²) in [6, 6.07) is 6.03. The zero-order valence-corrected chi connectivity index (χ0v) is 13.2. The third-order valence-corrected chi connectivity index (χ3v) is 3.03. The third-order valence-electron chi connectivity index (χ3n) is 3.03. The fourth-order valence-electron chi connectivity index (χ4n) is 2.07. The van der Waals surface area contributed by atoms with Crippen LogP contribution in [0.3, 0.4) is 0 Å². The molecular weight excluding hydrogens is 296 g/mol. The highest BCUT2D eigenvalue weighted by Gasteiger charge is 2.19. The molecule has 2 aromatic rings. The first-order valence-corrected chi connectivity index (χ1v) is 6.99. The standard InChI is InChI=1S/C17H18N2O4/c1-17(2,3)23-16(22)10-4-5-11(14(18)8-10)13-9-19-7-6-12(13)15(20)21/h4-9H,18H2,1-3H3,(H,20,21). The van der Waals surface area contributed by atoms with Gasteiger partial charge in [0.25, 0.3) is 0 Å². The van der Waals surface area contributed by atoms with Crippen molar-refractivity contribution in [1.29, 1.82) is 0 Å². The van der Waals surface area contributed by atoms with Gasteiger partial charge in [-0.05, 0) is 39.0 Å². The number of rotatable bonds is 3. The largest absolute Gasteiger partial charge is 0.478 e. The number of carbonyl (C=O) groups excluding carboxylic acids is 1. The number of pyridine rings is 1. The molecule has 0 radical (unpaired) electrons. The van der Waals surface area contributed by atoms with Crippen LogP contribution in [0.4, 0.5) is 5.69 Å². The van der Waals surface area contributed by atoms with Crippen molar-refractivity contribution in [1.82, 2.24) is 4.98 Å². The lowest BCUT2D eigenvalue weighted by Crippen LogP contribution is -2.23. The van der Waals surface area contributed by atoms with Gasteiger partial charge in [0.2, 0.25) is 0 Å². The maximum atomic E-state index is 12.1. The van der Waals surface area contributed by atoms with E-state index in [4.69, 9.17) is 10.5 Å². The molecule has 0 aliphatic carbocycles. The van der Waals surface area contributed by atoms with Gasteiger partial charge in [0.15, 0.2) is 0 Å². The Labute approximate surface area is 133 Å². The molecule has 0 atom stereocenters. The summed E-state index contributed by atoms with van der Waals surface area (Å²) in [5, 5.41) is 9.25. The van der Waals surface area contributed by atoms with E-state index in [1.807, 2.05) is 0 Å². The van der Waals surface area contributed by atoms with E-state index in [0.29, 0.717) is 16.7 Å². The predicted molar refractivity (Wildman–Crippen MR) is 86.2 cm³/mol. The molecule has 6 nitrogen and oxygen atoms in total. The number of nitrogens with two attached hydrogens (primary N) is 1. The van der Waals surface area contributed by atoms with Crippen LogP contribution in [0, 0.1) is 0 Å². The van der Waals surface area contributed by atoms with Gasteiger partial charge in [-0.15, -0.1) is 0 Å². The Kier molecular flexibility index (Phi) is 4.36. The zero-order valence-electron chi connectivity index (χ0n) is 13.2. The molecule has 0 bridgehead atoms. The Balaban J connectivity index is 2.42. The van der Waals surface area contributed by atoms with E-state index in [0.717, 1.165) is 0 Å². The second-order valence-corrected chi connectivity index (χ2v) is 6.03. The maximum Gasteiger partial charge on any atom is 0.338 e. The van der Waals surface area contributed by atoms with Crippen LogP contribution >= 0.6 is 0 Å². The van der Waals surface area contributed by atoms with Gasteiger partial charge >= 0.3 is 11.9 Å². The molecular formula is C17H18N2O4. The molecule has 1 aromatic carbocycles. The first kappa shape index (κ1) is 16.5. The normalized spacial score (nSPS) is 11.1. The van der Waals surface area contributed by atoms with Crippen molar-refractivity contribution in [2.75, 3.05) is 5.73 Å². The van der Waals surface area contributed by atoms with Crippen molar-refractivity contribution in [3.05, 3.63) is 47.8 Å². The molecule has 1 heterocycles. The van der Waals surface area contributed by atoms with Crippen LogP contribution in [0.1, 0.15) is 41.5 Å². The predicted octanol–water partition coefficient (Wildman–Crippen LogP) is 2.98. The maximum absolute atomic E-state index is 12.1. The summed E-state index contributed by atoms with van der Waals surface area (Å²) >= 11 is 0. The van der Waals surface area contributed by atoms with Crippen molar-refractivity contribution in [3.8, 4) is 11.1 Å². The molecule has 0 aliphatic rings. The summed E-state index contributed by atoms with van der Waals surface area (Å²) in [6.07, 6.45) is 2.83. The van der Waals surface area contributed by atoms with Crippen molar-refractivity contribution >= 4 is 17.6 Å². The van der Waals surface area contributed by atoms with Gasteiger partial charge in [-0.2, -0.15) is 0 Å². The Hall–Kier alpha value is -2.89. The zero-order chi connectivity index (χ0) is 17.2. The highest BCUT2D eigenvalue weighted by Crippen LogP contribution is 2.29. The molecule has 0 aliphatic heterocycles. The van der Waals surface area contributed by atoms with Crippen LogP contribution in [-0.4, -0.2) is 27.6 Å². The van der Waals surface area contributed by atoms with Crippen LogP contribution < -0.4 is 5.73 Å². The molecule has 0 spiro atoms. The number of carboxylic acid groups (broad SMARTS) is 1. The minimum atomic E-state index is -1.07. The second-order valence-electron chi connectivity index (χ2n) is 6.03. The van der Waals surface area contributed by atoms with E-state index in [2.05, 4.69) is 4.98 Å². The number of ether oxygens (including phenoxy) is 1. The second kappa shape index (κ2) is 6.08. The van der Waals surface area contributed by atoms with Crippen molar-refractivity contribution in [3.63, 3.8) is 0 Å². The average Bonchev–Trinajstić information content (AvgIpc) is 2.45. The molecule has 23 heavy (non-hydrogen) atoms. The number of hydrogen-bond donors (Lipinski definition) is 2. The van der Waals surface area contributed by atoms with Crippen molar-refractivity contribution < 1.29 is 19.4 Å². The molecule has 0 unspecified atom stereocenters. The van der Waals surface area contributed by atoms with Gasteiger partial charge in [-0.1, -0.05) is 6.07 Å². The van der Waals surface area contributed by atoms with Gasteiger partial charge in [0.05, 0.1) is 11.1 Å². The van der Waals surface area contributed by atoms with Gasteiger partial charge in [-0.25, -0.2) is 9.59 Å². The highest BCUT2D eigenvalue weighted by molar-refractivity contribution is 5.99. The fourth-order valence-corrected chi connectivity index (χ4v) is 2.07. The number of carboxylic acids is 1. The van der Waals surface area contributed by atoms with Crippen LogP contribution in [-0.2, 0) is 4.74 Å². The minimum Gasteiger partial charge on any atom is -0.478 e. The molecule has 0 saturated carbocycles. The summed E-state index contributed by atoms with van der Waals surface area (Å²) in [4.78, 5) is 27.3. The topological polar surface area (TPSA) is 103 Å². The Morgan fingerprint density at radius 2 is 1.87 bits per heavy atom. The Morgan fingerprint density at radius 1 is 1.17 bits per heavy atom. The number of nitrogens with zero attached hydrogens (tertiary/aromatic N) is 1. The lowest BCUT2D eigenvalue weighted by molar-refractivity contribution is 0.00694. The number of anilines is 1. The lowest BCUT2D eigenvalue weighted by Gasteiger charge is -2.19. The summed E-state index contributed by atoms with van der Waals surface area (Å²) in [6.45, 7) is 5.33. The van der Waals surface area contributed by atoms with E-state index in [-0.39, 0.29) is 11.3 Å². The lowest BCUT2D eigenvalue weighted by atomic mass is 9.99. The molecule has 0 fully saturated rings. The average molecular weight is 314 g/mol. The molecule has 1 aromatic heterocycles. The van der Waals surface area contributed by atoms with E-state index in [1.165, 1.54) is 24.5 Å². The first-order chi connectivity index (χ1) is 10.7. The number of esters is 1. The number of hydrogen-bond acceptors (Lipinski definition) is 5. The number of benzene rings is 1.